The second-order valence-electron chi connectivity index (χ2n) is 4.11. The van der Waals surface area contributed by atoms with E-state index in [0.717, 1.165) is 11.0 Å². The molecule has 0 aliphatic carbocycles. The highest BCUT2D eigenvalue weighted by Crippen LogP contribution is 2.28. The van der Waals surface area contributed by atoms with E-state index in [0.29, 0.717) is 0 Å². The van der Waals surface area contributed by atoms with Crippen LogP contribution in [0.25, 0.3) is 5.95 Å². The molecule has 3 heterocycles. The molecule has 24 heavy (non-hydrogen) atoms. The van der Waals surface area contributed by atoms with Crippen molar-refractivity contribution in [2.75, 3.05) is 17.2 Å². The lowest BCUT2D eigenvalue weighted by atomic mass is 10.4. The van der Waals surface area contributed by atoms with E-state index in [4.69, 9.17) is 17.2 Å². The van der Waals surface area contributed by atoms with Gasteiger partial charge in [-0.2, -0.15) is 34.7 Å². The van der Waals surface area contributed by atoms with Gasteiger partial charge in [0.15, 0.2) is 17.3 Å². The summed E-state index contributed by atoms with van der Waals surface area (Å²) >= 11 is 0. The van der Waals surface area contributed by atoms with Gasteiger partial charge in [-0.15, -0.1) is 15.2 Å². The van der Waals surface area contributed by atoms with E-state index in [-0.39, 0.29) is 35.2 Å². The summed E-state index contributed by atoms with van der Waals surface area (Å²) in [6, 6.07) is -1.42. The van der Waals surface area contributed by atoms with Crippen molar-refractivity contribution in [2.45, 2.75) is 0 Å². The van der Waals surface area contributed by atoms with Gasteiger partial charge in [0.2, 0.25) is 5.95 Å². The number of rotatable bonds is 3. The second-order valence-corrected chi connectivity index (χ2v) is 4.11. The molecule has 3 aromatic rings. The third-order valence-corrected chi connectivity index (χ3v) is 2.51. The lowest BCUT2D eigenvalue weighted by Crippen LogP contribution is -2.04. The van der Waals surface area contributed by atoms with Crippen molar-refractivity contribution < 1.29 is 10.2 Å². The largest absolute Gasteiger partial charge is 0.479 e. The van der Waals surface area contributed by atoms with E-state index < -0.39 is 12.0 Å². The van der Waals surface area contributed by atoms with Crippen molar-refractivity contribution in [3.05, 3.63) is 6.33 Å². The zero-order valence-electron chi connectivity index (χ0n) is 11.7. The first-order valence-corrected chi connectivity index (χ1v) is 6.08. The van der Waals surface area contributed by atoms with Crippen molar-refractivity contribution in [3.63, 3.8) is 0 Å². The van der Waals surface area contributed by atoms with Gasteiger partial charge in [0.05, 0.1) is 0 Å². The summed E-state index contributed by atoms with van der Waals surface area (Å²) in [5.74, 6) is -0.602. The number of nitrogens with two attached hydrogens (primary N) is 3. The lowest BCUT2D eigenvalue weighted by molar-refractivity contribution is 0.379. The minimum Gasteiger partial charge on any atom is -0.479 e. The summed E-state index contributed by atoms with van der Waals surface area (Å²) in [7, 11) is 0. The number of nitrogen functional groups attached to an aromatic ring is 3. The standard InChI is InChI=1S/C9H9N13O2/c10-3-2(4(11)16-5(12)15-3)20-21-6-13-1-14-22(6)7-17-8(23)19-9(24)18-7/h1H,(H6,10,11,12,15,16)(H2,17,18,19,23,24)/b21-20+. The monoisotopic (exact) mass is 331 g/mol. The minimum absolute atomic E-state index is 0.0138. The summed E-state index contributed by atoms with van der Waals surface area (Å²) in [6.45, 7) is 0. The van der Waals surface area contributed by atoms with Crippen LogP contribution in [0.15, 0.2) is 16.6 Å². The average molecular weight is 331 g/mol. The SMILES string of the molecule is Nc1nc(N)c(/N=N/c2ncnn2-c2nc(O)nc(O)n2)c(N)n1. The van der Waals surface area contributed by atoms with Crippen LogP contribution in [0.4, 0.5) is 29.2 Å². The number of hydrogen-bond acceptors (Lipinski definition) is 14. The van der Waals surface area contributed by atoms with Crippen LogP contribution in [-0.4, -0.2) is 49.9 Å². The van der Waals surface area contributed by atoms with Gasteiger partial charge in [-0.25, -0.2) is 0 Å². The van der Waals surface area contributed by atoms with Crippen molar-refractivity contribution in [3.8, 4) is 18.0 Å². The Labute approximate surface area is 132 Å². The molecule has 15 nitrogen and oxygen atoms in total. The summed E-state index contributed by atoms with van der Waals surface area (Å²) < 4.78 is 0.981. The average Bonchev–Trinajstić information content (AvgIpc) is 2.93. The summed E-state index contributed by atoms with van der Waals surface area (Å²) in [5, 5.41) is 30.0. The predicted molar refractivity (Wildman–Crippen MR) is 77.5 cm³/mol. The van der Waals surface area contributed by atoms with Gasteiger partial charge >= 0.3 is 12.0 Å². The van der Waals surface area contributed by atoms with Crippen molar-refractivity contribution in [1.82, 2.24) is 39.7 Å². The first-order chi connectivity index (χ1) is 11.4. The van der Waals surface area contributed by atoms with E-state index in [1.54, 1.807) is 0 Å². The topological polar surface area (TPSA) is 238 Å². The maximum absolute atomic E-state index is 9.29. The molecule has 0 saturated carbocycles. The van der Waals surface area contributed by atoms with Crippen LogP contribution >= 0.6 is 0 Å². The minimum atomic E-state index is -0.712. The van der Waals surface area contributed by atoms with Crippen LogP contribution in [0.3, 0.4) is 0 Å². The maximum atomic E-state index is 9.29. The Morgan fingerprint density at radius 1 is 0.875 bits per heavy atom. The first-order valence-electron chi connectivity index (χ1n) is 6.08. The highest BCUT2D eigenvalue weighted by atomic mass is 16.3. The lowest BCUT2D eigenvalue weighted by Gasteiger charge is -2.03. The molecule has 8 N–H and O–H groups in total. The highest BCUT2D eigenvalue weighted by molar-refractivity contribution is 5.71. The van der Waals surface area contributed by atoms with Gasteiger partial charge in [-0.3, -0.25) is 0 Å². The summed E-state index contributed by atoms with van der Waals surface area (Å²) in [4.78, 5) is 21.6. The number of aromatic hydroxyl groups is 2. The maximum Gasteiger partial charge on any atom is 0.321 e. The van der Waals surface area contributed by atoms with Crippen LogP contribution in [0, 0.1) is 0 Å². The molecule has 0 fully saturated rings. The van der Waals surface area contributed by atoms with Crippen molar-refractivity contribution >= 4 is 29.2 Å². The number of anilines is 3. The predicted octanol–water partition coefficient (Wildman–Crippen LogP) is -1.18. The van der Waals surface area contributed by atoms with Gasteiger partial charge < -0.3 is 27.4 Å². The third-order valence-electron chi connectivity index (χ3n) is 2.51. The fraction of sp³-hybridized carbons (Fsp3) is 0. The third kappa shape index (κ3) is 2.75. The molecule has 0 aliphatic heterocycles. The molecule has 0 saturated heterocycles. The van der Waals surface area contributed by atoms with Gasteiger partial charge in [0, 0.05) is 0 Å². The van der Waals surface area contributed by atoms with Crippen LogP contribution in [0.1, 0.15) is 0 Å². The summed E-state index contributed by atoms with van der Waals surface area (Å²) in [5.41, 5.74) is 16.7. The number of hydrogen-bond donors (Lipinski definition) is 5. The number of nitrogens with zero attached hydrogens (tertiary/aromatic N) is 10. The molecule has 0 aromatic carbocycles. The molecular formula is C9H9N13O2. The molecule has 0 unspecified atom stereocenters. The normalized spacial score (nSPS) is 11.2. The smallest absolute Gasteiger partial charge is 0.321 e. The van der Waals surface area contributed by atoms with Crippen molar-refractivity contribution in [1.29, 1.82) is 0 Å². The van der Waals surface area contributed by atoms with Crippen LogP contribution in [-0.2, 0) is 0 Å². The fourth-order valence-corrected chi connectivity index (χ4v) is 1.59. The molecule has 0 bridgehead atoms. The van der Waals surface area contributed by atoms with E-state index in [1.165, 1.54) is 0 Å². The Balaban J connectivity index is 2.00. The molecule has 0 spiro atoms. The zero-order valence-corrected chi connectivity index (χ0v) is 11.7. The van der Waals surface area contributed by atoms with E-state index in [9.17, 15) is 10.2 Å². The molecule has 0 atom stereocenters. The fourth-order valence-electron chi connectivity index (χ4n) is 1.59. The number of aromatic nitrogens is 8. The molecule has 3 aromatic heterocycles. The molecule has 0 radical (unpaired) electrons. The summed E-state index contributed by atoms with van der Waals surface area (Å²) in [6.07, 6.45) is 1.12. The van der Waals surface area contributed by atoms with Gasteiger partial charge in [-0.1, -0.05) is 0 Å². The molecule has 122 valence electrons. The van der Waals surface area contributed by atoms with Gasteiger partial charge in [-0.05, 0) is 0 Å². The van der Waals surface area contributed by atoms with E-state index in [2.05, 4.69) is 45.2 Å². The Hall–Kier alpha value is -4.17. The van der Waals surface area contributed by atoms with Gasteiger partial charge in [0.25, 0.3) is 11.9 Å². The zero-order chi connectivity index (χ0) is 17.3. The van der Waals surface area contributed by atoms with Crippen LogP contribution < -0.4 is 17.2 Å². The van der Waals surface area contributed by atoms with E-state index in [1.807, 2.05) is 0 Å². The Morgan fingerprint density at radius 2 is 1.50 bits per heavy atom. The first kappa shape index (κ1) is 14.8. The second kappa shape index (κ2) is 5.55. The molecule has 0 aliphatic rings. The Morgan fingerprint density at radius 3 is 2.12 bits per heavy atom. The Kier molecular flexibility index (Phi) is 3.41. The molecular weight excluding hydrogens is 322 g/mol. The molecule has 0 amide bonds. The Bertz CT molecular complexity index is 892. The van der Waals surface area contributed by atoms with Gasteiger partial charge in [0.1, 0.15) is 6.33 Å². The molecule has 15 heteroatoms. The highest BCUT2D eigenvalue weighted by Gasteiger charge is 2.13. The number of azo groups is 1. The molecule has 3 rings (SSSR count). The van der Waals surface area contributed by atoms with Crippen LogP contribution in [0.2, 0.25) is 0 Å². The van der Waals surface area contributed by atoms with E-state index >= 15 is 0 Å². The van der Waals surface area contributed by atoms with Crippen LogP contribution in [0.5, 0.6) is 12.0 Å². The van der Waals surface area contributed by atoms with Crippen molar-refractivity contribution in [2.24, 2.45) is 10.2 Å². The quantitative estimate of drug-likeness (QED) is 0.356.